The molecule has 0 fully saturated rings. The Morgan fingerprint density at radius 3 is 2.68 bits per heavy atom. The van der Waals surface area contributed by atoms with Crippen molar-refractivity contribution in [1.29, 1.82) is 0 Å². The normalized spacial score (nSPS) is 12.3. The Balaban J connectivity index is 1.23. The Kier molecular flexibility index (Phi) is 6.22. The minimum atomic E-state index is -0.848. The van der Waals surface area contributed by atoms with E-state index in [1.807, 2.05) is 30.3 Å². The van der Waals surface area contributed by atoms with Gasteiger partial charge in [0.15, 0.2) is 16.6 Å². The highest BCUT2D eigenvalue weighted by Gasteiger charge is 2.19. The van der Waals surface area contributed by atoms with Crippen LogP contribution in [0.2, 0.25) is 0 Å². The number of anilines is 1. The standard InChI is InChI=1S/C30H21F2N7OS/c31-22-13-23-21(12-20(22)17-11-18(15-33-14-17)35-26(40)10-16-4-2-1-3-5-16)28(39-38-23)30-36-27-19(8-9-34-29(27)37-30)24-6-7-25(32)41-24/h1-9,11-15,26,35,40H,10H2,(H,38,39)(H,34,36,37). The molecule has 2 aromatic carbocycles. The SMILES string of the molecule is OC(Cc1ccccc1)Nc1cncc(-c2cc3c(-c4nc5nccc(-c6ccc(F)s6)c5[nH]4)n[nH]c3cc2F)c1. The number of nitrogens with zero attached hydrogens (tertiary/aromatic N) is 4. The Bertz CT molecular complexity index is 2020. The molecule has 0 saturated carbocycles. The molecule has 4 N–H and O–H groups in total. The number of rotatable bonds is 7. The molecule has 5 heterocycles. The third-order valence-electron chi connectivity index (χ3n) is 6.76. The number of aromatic nitrogens is 6. The zero-order valence-electron chi connectivity index (χ0n) is 21.3. The van der Waals surface area contributed by atoms with Crippen molar-refractivity contribution < 1.29 is 13.9 Å². The van der Waals surface area contributed by atoms with Gasteiger partial charge >= 0.3 is 0 Å². The number of aromatic amines is 2. The Morgan fingerprint density at radius 2 is 1.85 bits per heavy atom. The number of hydrogen-bond acceptors (Lipinski definition) is 7. The first-order valence-corrected chi connectivity index (χ1v) is 13.6. The van der Waals surface area contributed by atoms with E-state index in [1.165, 1.54) is 12.1 Å². The number of aliphatic hydroxyl groups is 1. The summed E-state index contributed by atoms with van der Waals surface area (Å²) in [5.41, 5.74) is 5.26. The first-order chi connectivity index (χ1) is 20.0. The Hall–Kier alpha value is -5.00. The summed E-state index contributed by atoms with van der Waals surface area (Å²) in [5.74, 6) is -0.0110. The summed E-state index contributed by atoms with van der Waals surface area (Å²) in [6.45, 7) is 0. The molecule has 8 nitrogen and oxygen atoms in total. The maximum Gasteiger partial charge on any atom is 0.178 e. The second kappa shape index (κ2) is 10.2. The minimum Gasteiger partial charge on any atom is -0.373 e. The van der Waals surface area contributed by atoms with E-state index in [9.17, 15) is 9.50 Å². The highest BCUT2D eigenvalue weighted by atomic mass is 32.1. The van der Waals surface area contributed by atoms with Crippen LogP contribution in [0.25, 0.3) is 55.2 Å². The van der Waals surface area contributed by atoms with Gasteiger partial charge < -0.3 is 15.4 Å². The molecule has 0 bridgehead atoms. The first kappa shape index (κ1) is 25.0. The van der Waals surface area contributed by atoms with E-state index in [0.717, 1.165) is 27.3 Å². The van der Waals surface area contributed by atoms with Gasteiger partial charge in [0.1, 0.15) is 17.7 Å². The van der Waals surface area contributed by atoms with Crippen LogP contribution in [-0.2, 0) is 6.42 Å². The number of pyridine rings is 2. The smallest absolute Gasteiger partial charge is 0.178 e. The number of thiophene rings is 1. The van der Waals surface area contributed by atoms with E-state index in [0.29, 0.717) is 56.8 Å². The topological polar surface area (TPSA) is 115 Å². The van der Waals surface area contributed by atoms with E-state index in [2.05, 4.69) is 35.5 Å². The number of H-pyrrole nitrogens is 2. The molecule has 41 heavy (non-hydrogen) atoms. The predicted octanol–water partition coefficient (Wildman–Crippen LogP) is 6.54. The van der Waals surface area contributed by atoms with Crippen LogP contribution in [0.5, 0.6) is 0 Å². The maximum atomic E-state index is 15.3. The van der Waals surface area contributed by atoms with Crippen LogP contribution in [0.15, 0.2) is 85.3 Å². The van der Waals surface area contributed by atoms with Crippen molar-refractivity contribution in [1.82, 2.24) is 30.1 Å². The summed E-state index contributed by atoms with van der Waals surface area (Å²) in [6.07, 6.45) is 4.33. The molecule has 1 atom stereocenters. The molecule has 0 aliphatic rings. The number of nitrogens with one attached hydrogen (secondary N) is 3. The number of aliphatic hydroxyl groups excluding tert-OH is 1. The molecule has 202 valence electrons. The summed E-state index contributed by atoms with van der Waals surface area (Å²) in [4.78, 5) is 17.3. The molecule has 0 amide bonds. The molecule has 5 aromatic heterocycles. The van der Waals surface area contributed by atoms with E-state index >= 15 is 4.39 Å². The minimum absolute atomic E-state index is 0.281. The quantitative estimate of drug-likeness (QED) is 0.163. The molecule has 0 aliphatic heterocycles. The Morgan fingerprint density at radius 1 is 0.976 bits per heavy atom. The summed E-state index contributed by atoms with van der Waals surface area (Å²) < 4.78 is 29.0. The lowest BCUT2D eigenvalue weighted by molar-refractivity contribution is 0.204. The van der Waals surface area contributed by atoms with Crippen LogP contribution in [-0.4, -0.2) is 41.5 Å². The van der Waals surface area contributed by atoms with E-state index < -0.39 is 12.0 Å². The second-order valence-electron chi connectivity index (χ2n) is 9.51. The summed E-state index contributed by atoms with van der Waals surface area (Å²) in [6, 6.07) is 19.4. The molecule has 1 unspecified atom stereocenters. The zero-order chi connectivity index (χ0) is 27.9. The number of halogens is 2. The average Bonchev–Trinajstić information content (AvgIpc) is 3.70. The van der Waals surface area contributed by atoms with Crippen molar-refractivity contribution in [2.24, 2.45) is 0 Å². The monoisotopic (exact) mass is 565 g/mol. The lowest BCUT2D eigenvalue weighted by Crippen LogP contribution is -2.21. The van der Waals surface area contributed by atoms with E-state index in [4.69, 9.17) is 0 Å². The fourth-order valence-electron chi connectivity index (χ4n) is 4.87. The highest BCUT2D eigenvalue weighted by molar-refractivity contribution is 7.14. The molecular formula is C30H21F2N7OS. The van der Waals surface area contributed by atoms with Crippen molar-refractivity contribution in [2.45, 2.75) is 12.6 Å². The number of imidazole rings is 1. The lowest BCUT2D eigenvalue weighted by Gasteiger charge is -2.15. The van der Waals surface area contributed by atoms with Crippen molar-refractivity contribution in [2.75, 3.05) is 5.32 Å². The van der Waals surface area contributed by atoms with Crippen LogP contribution < -0.4 is 5.32 Å². The number of benzene rings is 2. The van der Waals surface area contributed by atoms with Gasteiger partial charge in [-0.3, -0.25) is 10.1 Å². The van der Waals surface area contributed by atoms with Crippen LogP contribution >= 0.6 is 11.3 Å². The summed E-state index contributed by atoms with van der Waals surface area (Å²) >= 11 is 1.04. The van der Waals surface area contributed by atoms with Gasteiger partial charge in [-0.1, -0.05) is 30.3 Å². The number of fused-ring (bicyclic) bond motifs is 2. The molecule has 7 aromatic rings. The van der Waals surface area contributed by atoms with E-state index in [1.54, 1.807) is 42.9 Å². The molecule has 0 saturated heterocycles. The molecule has 7 rings (SSSR count). The number of hydrogen-bond donors (Lipinski definition) is 4. The summed E-state index contributed by atoms with van der Waals surface area (Å²) in [5, 5.41) is 21.2. The van der Waals surface area contributed by atoms with Crippen molar-refractivity contribution in [3.8, 4) is 33.1 Å². The first-order valence-electron chi connectivity index (χ1n) is 12.7. The largest absolute Gasteiger partial charge is 0.373 e. The molecular weight excluding hydrogens is 544 g/mol. The van der Waals surface area contributed by atoms with Crippen LogP contribution in [0.3, 0.4) is 0 Å². The third-order valence-corrected chi connectivity index (χ3v) is 7.67. The van der Waals surface area contributed by atoms with Crippen LogP contribution in [0.4, 0.5) is 14.5 Å². The Labute approximate surface area is 235 Å². The van der Waals surface area contributed by atoms with Gasteiger partial charge in [-0.05, 0) is 35.9 Å². The van der Waals surface area contributed by atoms with Gasteiger partial charge in [-0.2, -0.15) is 9.49 Å². The van der Waals surface area contributed by atoms with Crippen molar-refractivity contribution >= 4 is 39.1 Å². The van der Waals surface area contributed by atoms with Gasteiger partial charge in [-0.25, -0.2) is 14.4 Å². The van der Waals surface area contributed by atoms with Gasteiger partial charge in [-0.15, -0.1) is 11.3 Å². The summed E-state index contributed by atoms with van der Waals surface area (Å²) in [7, 11) is 0. The van der Waals surface area contributed by atoms with Crippen LogP contribution in [0, 0.1) is 10.9 Å². The van der Waals surface area contributed by atoms with Gasteiger partial charge in [0.25, 0.3) is 0 Å². The molecule has 11 heteroatoms. The molecule has 0 spiro atoms. The second-order valence-corrected chi connectivity index (χ2v) is 10.5. The fourth-order valence-corrected chi connectivity index (χ4v) is 5.64. The highest BCUT2D eigenvalue weighted by Crippen LogP contribution is 2.35. The lowest BCUT2D eigenvalue weighted by atomic mass is 10.0. The van der Waals surface area contributed by atoms with Crippen molar-refractivity contribution in [3.63, 3.8) is 0 Å². The zero-order valence-corrected chi connectivity index (χ0v) is 22.1. The van der Waals surface area contributed by atoms with Gasteiger partial charge in [0.2, 0.25) is 0 Å². The predicted molar refractivity (Wildman–Crippen MR) is 155 cm³/mol. The van der Waals surface area contributed by atoms with Crippen molar-refractivity contribution in [3.05, 3.63) is 102 Å². The molecule has 0 aliphatic carbocycles. The van der Waals surface area contributed by atoms with Crippen LogP contribution in [0.1, 0.15) is 5.56 Å². The fraction of sp³-hybridized carbons (Fsp3) is 0.0667. The maximum absolute atomic E-state index is 15.3. The van der Waals surface area contributed by atoms with Gasteiger partial charge in [0, 0.05) is 51.8 Å². The molecule has 0 radical (unpaired) electrons. The van der Waals surface area contributed by atoms with Gasteiger partial charge in [0.05, 0.1) is 22.9 Å². The average molecular weight is 566 g/mol. The third kappa shape index (κ3) is 4.81. The van der Waals surface area contributed by atoms with E-state index in [-0.39, 0.29) is 5.13 Å².